The molecule has 0 atom stereocenters. The Morgan fingerprint density at radius 2 is 1.87 bits per heavy atom. The third-order valence-corrected chi connectivity index (χ3v) is 2.31. The highest BCUT2D eigenvalue weighted by Gasteiger charge is 2.15. The molecule has 0 aromatic heterocycles. The highest BCUT2D eigenvalue weighted by atomic mass is 16.5. The second-order valence-electron chi connectivity index (χ2n) is 4.21. The van der Waals surface area contributed by atoms with Crippen molar-refractivity contribution in [3.63, 3.8) is 0 Å². The third kappa shape index (κ3) is 3.80. The largest absolute Gasteiger partial charge is 0.497 e. The van der Waals surface area contributed by atoms with Gasteiger partial charge < -0.3 is 15.2 Å². The van der Waals surface area contributed by atoms with Crippen molar-refractivity contribution < 1.29 is 9.84 Å². The molecule has 3 nitrogen and oxygen atoms in total. The number of aliphatic hydroxyl groups is 1. The molecule has 0 radical (unpaired) electrons. The number of methoxy groups -OCH3 is 1. The summed E-state index contributed by atoms with van der Waals surface area (Å²) in [5, 5.41) is 12.3. The molecule has 0 aliphatic carbocycles. The van der Waals surface area contributed by atoms with Gasteiger partial charge in [0.15, 0.2) is 0 Å². The number of anilines is 1. The SMILES string of the molecule is COc1ccc(NC(C)(C)CCO)cc1. The lowest BCUT2D eigenvalue weighted by Gasteiger charge is -2.26. The van der Waals surface area contributed by atoms with Gasteiger partial charge in [0.2, 0.25) is 0 Å². The van der Waals surface area contributed by atoms with Crippen LogP contribution in [0, 0.1) is 0 Å². The predicted octanol–water partition coefficient (Wildman–Crippen LogP) is 2.27. The molecule has 2 N–H and O–H groups in total. The van der Waals surface area contributed by atoms with E-state index in [2.05, 4.69) is 19.2 Å². The fourth-order valence-electron chi connectivity index (χ4n) is 1.41. The second kappa shape index (κ2) is 5.03. The maximum Gasteiger partial charge on any atom is 0.119 e. The summed E-state index contributed by atoms with van der Waals surface area (Å²) < 4.78 is 5.08. The molecule has 0 aliphatic heterocycles. The Labute approximate surface area is 91.1 Å². The van der Waals surface area contributed by atoms with Gasteiger partial charge in [-0.25, -0.2) is 0 Å². The van der Waals surface area contributed by atoms with Crippen molar-refractivity contribution >= 4 is 5.69 Å². The summed E-state index contributed by atoms with van der Waals surface area (Å²) in [4.78, 5) is 0. The van der Waals surface area contributed by atoms with Crippen LogP contribution < -0.4 is 10.1 Å². The Hall–Kier alpha value is -1.22. The number of nitrogens with one attached hydrogen (secondary N) is 1. The van der Waals surface area contributed by atoms with Crippen LogP contribution in [0.3, 0.4) is 0 Å². The summed E-state index contributed by atoms with van der Waals surface area (Å²) in [6.07, 6.45) is 0.721. The van der Waals surface area contributed by atoms with Crippen molar-refractivity contribution in [1.82, 2.24) is 0 Å². The third-order valence-electron chi connectivity index (χ3n) is 2.31. The Morgan fingerprint density at radius 3 is 2.33 bits per heavy atom. The molecule has 0 fully saturated rings. The highest BCUT2D eigenvalue weighted by molar-refractivity contribution is 5.48. The summed E-state index contributed by atoms with van der Waals surface area (Å²) in [6, 6.07) is 7.77. The van der Waals surface area contributed by atoms with E-state index in [0.29, 0.717) is 0 Å². The van der Waals surface area contributed by atoms with E-state index in [0.717, 1.165) is 17.9 Å². The molecule has 0 bridgehead atoms. The van der Waals surface area contributed by atoms with Crippen molar-refractivity contribution in [3.8, 4) is 5.75 Å². The molecule has 0 unspecified atom stereocenters. The number of hydrogen-bond acceptors (Lipinski definition) is 3. The molecule has 0 spiro atoms. The van der Waals surface area contributed by atoms with Crippen molar-refractivity contribution in [2.45, 2.75) is 25.8 Å². The van der Waals surface area contributed by atoms with Crippen molar-refractivity contribution in [3.05, 3.63) is 24.3 Å². The van der Waals surface area contributed by atoms with Gasteiger partial charge in [-0.1, -0.05) is 0 Å². The van der Waals surface area contributed by atoms with Crippen LogP contribution in [0.25, 0.3) is 0 Å². The van der Waals surface area contributed by atoms with Gasteiger partial charge in [0.1, 0.15) is 5.75 Å². The van der Waals surface area contributed by atoms with Crippen LogP contribution in [-0.4, -0.2) is 24.4 Å². The molecular weight excluding hydrogens is 190 g/mol. The van der Waals surface area contributed by atoms with Crippen LogP contribution in [-0.2, 0) is 0 Å². The molecule has 1 aromatic rings. The molecule has 0 amide bonds. The fraction of sp³-hybridized carbons (Fsp3) is 0.500. The van der Waals surface area contributed by atoms with Gasteiger partial charge in [0.25, 0.3) is 0 Å². The maximum atomic E-state index is 8.90. The minimum absolute atomic E-state index is 0.0939. The number of hydrogen-bond donors (Lipinski definition) is 2. The van der Waals surface area contributed by atoms with E-state index in [1.165, 1.54) is 0 Å². The molecule has 0 saturated carbocycles. The molecule has 0 aliphatic rings. The summed E-state index contributed by atoms with van der Waals surface area (Å²) in [5.74, 6) is 0.848. The summed E-state index contributed by atoms with van der Waals surface area (Å²) in [7, 11) is 1.65. The van der Waals surface area contributed by atoms with Gasteiger partial charge in [-0.2, -0.15) is 0 Å². The van der Waals surface area contributed by atoms with Crippen molar-refractivity contribution in [1.29, 1.82) is 0 Å². The Bertz CT molecular complexity index is 293. The van der Waals surface area contributed by atoms with E-state index in [-0.39, 0.29) is 12.1 Å². The van der Waals surface area contributed by atoms with Gasteiger partial charge in [0, 0.05) is 17.8 Å². The smallest absolute Gasteiger partial charge is 0.119 e. The normalized spacial score (nSPS) is 11.2. The van der Waals surface area contributed by atoms with Crippen LogP contribution in [0.1, 0.15) is 20.3 Å². The summed E-state index contributed by atoms with van der Waals surface area (Å²) in [5.41, 5.74) is 0.942. The first kappa shape index (κ1) is 11.9. The zero-order chi connectivity index (χ0) is 11.3. The minimum atomic E-state index is -0.0939. The van der Waals surface area contributed by atoms with Crippen LogP contribution in [0.4, 0.5) is 5.69 Å². The molecule has 0 heterocycles. The molecular formula is C12H19NO2. The van der Waals surface area contributed by atoms with Crippen LogP contribution in [0.5, 0.6) is 5.75 Å². The molecule has 1 rings (SSSR count). The molecule has 3 heteroatoms. The monoisotopic (exact) mass is 209 g/mol. The van der Waals surface area contributed by atoms with E-state index in [4.69, 9.17) is 9.84 Å². The number of ether oxygens (including phenoxy) is 1. The van der Waals surface area contributed by atoms with E-state index in [1.54, 1.807) is 7.11 Å². The zero-order valence-corrected chi connectivity index (χ0v) is 9.58. The first-order valence-electron chi connectivity index (χ1n) is 5.10. The lowest BCUT2D eigenvalue weighted by molar-refractivity contribution is 0.261. The average molecular weight is 209 g/mol. The van der Waals surface area contributed by atoms with Crippen LogP contribution in [0.15, 0.2) is 24.3 Å². The number of aliphatic hydroxyl groups excluding tert-OH is 1. The lowest BCUT2D eigenvalue weighted by atomic mass is 10.0. The first-order chi connectivity index (χ1) is 7.07. The maximum absolute atomic E-state index is 8.90. The average Bonchev–Trinajstić information content (AvgIpc) is 2.18. The van der Waals surface area contributed by atoms with Gasteiger partial charge >= 0.3 is 0 Å². The lowest BCUT2D eigenvalue weighted by Crippen LogP contribution is -2.31. The van der Waals surface area contributed by atoms with Gasteiger partial charge in [-0.05, 0) is 44.5 Å². The van der Waals surface area contributed by atoms with E-state index in [1.807, 2.05) is 24.3 Å². The highest BCUT2D eigenvalue weighted by Crippen LogP contribution is 2.20. The van der Waals surface area contributed by atoms with Crippen molar-refractivity contribution in [2.75, 3.05) is 19.0 Å². The summed E-state index contributed by atoms with van der Waals surface area (Å²) >= 11 is 0. The van der Waals surface area contributed by atoms with Crippen LogP contribution >= 0.6 is 0 Å². The second-order valence-corrected chi connectivity index (χ2v) is 4.21. The Morgan fingerprint density at radius 1 is 1.27 bits per heavy atom. The molecule has 84 valence electrons. The number of rotatable bonds is 5. The standard InChI is InChI=1S/C12H19NO2/c1-12(2,8-9-14)13-10-4-6-11(15-3)7-5-10/h4-7,13-14H,8-9H2,1-3H3. The zero-order valence-electron chi connectivity index (χ0n) is 9.58. The molecule has 15 heavy (non-hydrogen) atoms. The van der Waals surface area contributed by atoms with Gasteiger partial charge in [-0.3, -0.25) is 0 Å². The van der Waals surface area contributed by atoms with E-state index >= 15 is 0 Å². The topological polar surface area (TPSA) is 41.5 Å². The van der Waals surface area contributed by atoms with Crippen LogP contribution in [0.2, 0.25) is 0 Å². The Balaban J connectivity index is 2.64. The van der Waals surface area contributed by atoms with E-state index < -0.39 is 0 Å². The predicted molar refractivity (Wildman–Crippen MR) is 62.4 cm³/mol. The minimum Gasteiger partial charge on any atom is -0.497 e. The van der Waals surface area contributed by atoms with Crippen molar-refractivity contribution in [2.24, 2.45) is 0 Å². The quantitative estimate of drug-likeness (QED) is 0.781. The Kier molecular flexibility index (Phi) is 3.97. The molecule has 0 saturated heterocycles. The first-order valence-corrected chi connectivity index (χ1v) is 5.10. The number of benzene rings is 1. The van der Waals surface area contributed by atoms with Gasteiger partial charge in [0.05, 0.1) is 7.11 Å². The summed E-state index contributed by atoms with van der Waals surface area (Å²) in [6.45, 7) is 4.32. The van der Waals surface area contributed by atoms with Gasteiger partial charge in [-0.15, -0.1) is 0 Å². The fourth-order valence-corrected chi connectivity index (χ4v) is 1.41. The van der Waals surface area contributed by atoms with E-state index in [9.17, 15) is 0 Å². The molecule has 1 aromatic carbocycles.